The lowest BCUT2D eigenvalue weighted by Gasteiger charge is -2.36. The van der Waals surface area contributed by atoms with Crippen LogP contribution in [-0.2, 0) is 14.4 Å². The predicted molar refractivity (Wildman–Crippen MR) is 60.2 cm³/mol. The molecule has 6 heteroatoms. The minimum atomic E-state index is -1.09. The molecule has 0 aliphatic carbocycles. The first-order chi connectivity index (χ1) is 7.84. The Balaban J connectivity index is 2.72. The molecule has 17 heavy (non-hydrogen) atoms. The van der Waals surface area contributed by atoms with Crippen molar-refractivity contribution in [2.24, 2.45) is 5.92 Å². The lowest BCUT2D eigenvalue weighted by molar-refractivity contribution is -0.162. The fourth-order valence-electron chi connectivity index (χ4n) is 1.81. The highest BCUT2D eigenvalue weighted by Gasteiger charge is 2.37. The van der Waals surface area contributed by atoms with Crippen LogP contribution in [0, 0.1) is 5.92 Å². The van der Waals surface area contributed by atoms with Gasteiger partial charge in [-0.2, -0.15) is 0 Å². The molecule has 0 radical (unpaired) electrons. The summed E-state index contributed by atoms with van der Waals surface area (Å²) in [6, 6.07) is -0.951. The van der Waals surface area contributed by atoms with Gasteiger partial charge in [0.1, 0.15) is 6.04 Å². The molecule has 2 amide bonds. The summed E-state index contributed by atoms with van der Waals surface area (Å²) in [6.07, 6.45) is 0. The lowest BCUT2D eigenvalue weighted by Crippen LogP contribution is -2.58. The van der Waals surface area contributed by atoms with E-state index in [4.69, 9.17) is 5.11 Å². The van der Waals surface area contributed by atoms with Gasteiger partial charge in [-0.1, -0.05) is 13.8 Å². The number of aliphatic carboxylic acids is 1. The number of carbonyl (C=O) groups excluding carboxylic acids is 2. The van der Waals surface area contributed by atoms with Crippen molar-refractivity contribution in [1.82, 2.24) is 9.80 Å². The van der Waals surface area contributed by atoms with Crippen molar-refractivity contribution in [3.05, 3.63) is 0 Å². The fourth-order valence-corrected chi connectivity index (χ4v) is 1.81. The Morgan fingerprint density at radius 1 is 1.24 bits per heavy atom. The Morgan fingerprint density at radius 2 is 1.82 bits per heavy atom. The lowest BCUT2D eigenvalue weighted by atomic mass is 10.1. The van der Waals surface area contributed by atoms with Crippen molar-refractivity contribution in [1.29, 1.82) is 0 Å². The van der Waals surface area contributed by atoms with E-state index in [1.165, 1.54) is 11.8 Å². The molecule has 0 unspecified atom stereocenters. The van der Waals surface area contributed by atoms with Crippen molar-refractivity contribution >= 4 is 17.8 Å². The second kappa shape index (κ2) is 5.16. The molecule has 0 aromatic rings. The van der Waals surface area contributed by atoms with Crippen molar-refractivity contribution in [2.45, 2.75) is 26.8 Å². The number of carboxylic acid groups (broad SMARTS) is 1. The molecule has 6 nitrogen and oxygen atoms in total. The zero-order valence-corrected chi connectivity index (χ0v) is 10.3. The molecule has 1 atom stereocenters. The van der Waals surface area contributed by atoms with Gasteiger partial charge in [0.15, 0.2) is 0 Å². The van der Waals surface area contributed by atoms with Crippen LogP contribution < -0.4 is 0 Å². The van der Waals surface area contributed by atoms with Gasteiger partial charge in [0.25, 0.3) is 0 Å². The fraction of sp³-hybridized carbons (Fsp3) is 0.727. The number of rotatable bonds is 4. The van der Waals surface area contributed by atoms with Crippen LogP contribution in [-0.4, -0.2) is 58.4 Å². The first-order valence-corrected chi connectivity index (χ1v) is 5.67. The molecule has 0 aromatic heterocycles. The van der Waals surface area contributed by atoms with Gasteiger partial charge in [-0.05, 0) is 12.8 Å². The van der Waals surface area contributed by atoms with Crippen molar-refractivity contribution in [2.75, 3.05) is 19.6 Å². The largest absolute Gasteiger partial charge is 0.480 e. The highest BCUT2D eigenvalue weighted by Crippen LogP contribution is 2.11. The summed E-state index contributed by atoms with van der Waals surface area (Å²) in [4.78, 5) is 36.9. The maximum Gasteiger partial charge on any atom is 0.326 e. The average molecular weight is 242 g/mol. The number of hydrogen-bond acceptors (Lipinski definition) is 3. The van der Waals surface area contributed by atoms with Crippen LogP contribution in [0.15, 0.2) is 0 Å². The van der Waals surface area contributed by atoms with E-state index in [1.807, 2.05) is 13.8 Å². The third-order valence-corrected chi connectivity index (χ3v) is 2.75. The molecule has 1 heterocycles. The second-order valence-corrected chi connectivity index (χ2v) is 4.66. The molecular weight excluding hydrogens is 224 g/mol. The highest BCUT2D eigenvalue weighted by atomic mass is 16.4. The van der Waals surface area contributed by atoms with E-state index in [9.17, 15) is 14.4 Å². The summed E-state index contributed by atoms with van der Waals surface area (Å²) in [5.41, 5.74) is 0. The Kier molecular flexibility index (Phi) is 4.09. The van der Waals surface area contributed by atoms with E-state index in [-0.39, 0.29) is 12.5 Å². The van der Waals surface area contributed by atoms with Crippen molar-refractivity contribution in [3.8, 4) is 0 Å². The maximum absolute atomic E-state index is 11.7. The first kappa shape index (κ1) is 13.5. The number of nitrogens with zero attached hydrogens (tertiary/aromatic N) is 2. The van der Waals surface area contributed by atoms with Gasteiger partial charge in [-0.3, -0.25) is 9.59 Å². The molecule has 1 aliphatic heterocycles. The van der Waals surface area contributed by atoms with E-state index in [1.54, 1.807) is 0 Å². The van der Waals surface area contributed by atoms with Crippen LogP contribution in [0.2, 0.25) is 0 Å². The van der Waals surface area contributed by atoms with E-state index in [0.717, 1.165) is 4.90 Å². The molecule has 96 valence electrons. The van der Waals surface area contributed by atoms with E-state index < -0.39 is 23.8 Å². The van der Waals surface area contributed by atoms with Gasteiger partial charge >= 0.3 is 17.8 Å². The molecule has 0 aromatic carbocycles. The van der Waals surface area contributed by atoms with E-state index in [2.05, 4.69) is 0 Å². The highest BCUT2D eigenvalue weighted by molar-refractivity contribution is 6.35. The van der Waals surface area contributed by atoms with Crippen LogP contribution in [0.25, 0.3) is 0 Å². The minimum absolute atomic E-state index is 0.283. The number of carboxylic acids is 1. The van der Waals surface area contributed by atoms with Gasteiger partial charge < -0.3 is 14.9 Å². The normalized spacial score (nSPS) is 18.8. The standard InChI is InChI=1S/C11H18N2O4/c1-7(2)6-12-4-5-13(8(3)11(16)17)10(15)9(12)14/h7-8H,4-6H2,1-3H3,(H,16,17)/t8-/m0/s1. The summed E-state index contributed by atoms with van der Waals surface area (Å²) in [7, 11) is 0. The molecule has 1 rings (SSSR count). The Morgan fingerprint density at radius 3 is 2.29 bits per heavy atom. The molecule has 1 saturated heterocycles. The van der Waals surface area contributed by atoms with Crippen LogP contribution in [0.3, 0.4) is 0 Å². The van der Waals surface area contributed by atoms with Gasteiger partial charge in [0, 0.05) is 19.6 Å². The average Bonchev–Trinajstić information content (AvgIpc) is 2.23. The molecule has 1 N–H and O–H groups in total. The van der Waals surface area contributed by atoms with Crippen LogP contribution in [0.1, 0.15) is 20.8 Å². The molecule has 0 bridgehead atoms. The van der Waals surface area contributed by atoms with Gasteiger partial charge in [0.05, 0.1) is 0 Å². The van der Waals surface area contributed by atoms with Crippen LogP contribution in [0.4, 0.5) is 0 Å². The summed E-state index contributed by atoms with van der Waals surface area (Å²) in [6.45, 7) is 6.55. The van der Waals surface area contributed by atoms with Gasteiger partial charge in [0.2, 0.25) is 0 Å². The first-order valence-electron chi connectivity index (χ1n) is 5.67. The third kappa shape index (κ3) is 2.95. The van der Waals surface area contributed by atoms with Crippen LogP contribution in [0.5, 0.6) is 0 Å². The Bertz CT molecular complexity index is 340. The number of hydrogen-bond donors (Lipinski definition) is 1. The maximum atomic E-state index is 11.7. The second-order valence-electron chi connectivity index (χ2n) is 4.66. The number of carbonyl (C=O) groups is 3. The van der Waals surface area contributed by atoms with Crippen LogP contribution >= 0.6 is 0 Å². The summed E-state index contributed by atoms with van der Waals surface area (Å²) in [5, 5.41) is 8.83. The Labute approximate surface area is 100 Å². The quantitative estimate of drug-likeness (QED) is 0.692. The van der Waals surface area contributed by atoms with Crippen molar-refractivity contribution < 1.29 is 19.5 Å². The summed E-state index contributed by atoms with van der Waals surface area (Å²) in [5.74, 6) is -2.12. The zero-order valence-electron chi connectivity index (χ0n) is 10.3. The molecule has 1 aliphatic rings. The smallest absolute Gasteiger partial charge is 0.326 e. The minimum Gasteiger partial charge on any atom is -0.480 e. The summed E-state index contributed by atoms with van der Waals surface area (Å²) >= 11 is 0. The van der Waals surface area contributed by atoms with Crippen molar-refractivity contribution in [3.63, 3.8) is 0 Å². The number of amides is 2. The van der Waals surface area contributed by atoms with E-state index in [0.29, 0.717) is 13.1 Å². The number of piperazine rings is 1. The molecular formula is C11H18N2O4. The van der Waals surface area contributed by atoms with Gasteiger partial charge in [-0.25, -0.2) is 4.79 Å². The topological polar surface area (TPSA) is 77.9 Å². The van der Waals surface area contributed by atoms with E-state index >= 15 is 0 Å². The molecule has 1 fully saturated rings. The SMILES string of the molecule is CC(C)CN1CCN([C@@H](C)C(=O)O)C(=O)C1=O. The van der Waals surface area contributed by atoms with Gasteiger partial charge in [-0.15, -0.1) is 0 Å². The molecule has 0 saturated carbocycles. The summed E-state index contributed by atoms with van der Waals surface area (Å²) < 4.78 is 0. The third-order valence-electron chi connectivity index (χ3n) is 2.75. The molecule has 0 spiro atoms. The monoisotopic (exact) mass is 242 g/mol. The Hall–Kier alpha value is -1.59. The predicted octanol–water partition coefficient (Wildman–Crippen LogP) is -0.214. The zero-order chi connectivity index (χ0) is 13.2.